The maximum absolute atomic E-state index is 5.56. The molecule has 62 valence electrons. The van der Waals surface area contributed by atoms with Crippen molar-refractivity contribution in [2.45, 2.75) is 18.9 Å². The van der Waals surface area contributed by atoms with Gasteiger partial charge in [0.2, 0.25) is 0 Å². The highest BCUT2D eigenvalue weighted by molar-refractivity contribution is 5.10. The number of aromatic nitrogens is 1. The normalized spacial score (nSPS) is 12.0. The van der Waals surface area contributed by atoms with E-state index in [1.165, 1.54) is 5.56 Å². The Morgan fingerprint density at radius 2 is 2.50 bits per heavy atom. The predicted molar refractivity (Wildman–Crippen MR) is 49.4 cm³/mol. The molecular formula is C10H12N2. The number of nitrogens with two attached hydrogens (primary N) is 1. The number of terminal acetylenes is 1. The smallest absolute Gasteiger partial charge is 0.0665 e. The highest BCUT2D eigenvalue weighted by atomic mass is 14.6. The SMILES string of the molecule is C#CC(N)CCc1cccnc1. The molecule has 1 rings (SSSR count). The lowest BCUT2D eigenvalue weighted by Crippen LogP contribution is -2.17. The molecule has 12 heavy (non-hydrogen) atoms. The topological polar surface area (TPSA) is 38.9 Å². The van der Waals surface area contributed by atoms with Crippen LogP contribution in [0.25, 0.3) is 0 Å². The second-order valence-electron chi connectivity index (χ2n) is 2.67. The van der Waals surface area contributed by atoms with E-state index >= 15 is 0 Å². The molecule has 0 aliphatic rings. The zero-order valence-corrected chi connectivity index (χ0v) is 6.90. The van der Waals surface area contributed by atoms with Crippen LogP contribution in [0.4, 0.5) is 0 Å². The first-order chi connectivity index (χ1) is 5.83. The average molecular weight is 160 g/mol. The van der Waals surface area contributed by atoms with E-state index in [1.54, 1.807) is 6.20 Å². The maximum atomic E-state index is 5.56. The van der Waals surface area contributed by atoms with E-state index in [0.29, 0.717) is 0 Å². The summed E-state index contributed by atoms with van der Waals surface area (Å²) < 4.78 is 0. The highest BCUT2D eigenvalue weighted by Gasteiger charge is 1.97. The van der Waals surface area contributed by atoms with Crippen LogP contribution < -0.4 is 5.73 Å². The molecule has 1 atom stereocenters. The molecule has 2 nitrogen and oxygen atoms in total. The van der Waals surface area contributed by atoms with Crippen molar-refractivity contribution in [2.75, 3.05) is 0 Å². The van der Waals surface area contributed by atoms with Crippen LogP contribution in [0, 0.1) is 12.3 Å². The molecule has 1 unspecified atom stereocenters. The fourth-order valence-corrected chi connectivity index (χ4v) is 0.952. The minimum absolute atomic E-state index is 0.134. The molecule has 0 radical (unpaired) electrons. The van der Waals surface area contributed by atoms with Gasteiger partial charge in [-0.05, 0) is 24.5 Å². The number of nitrogens with zero attached hydrogens (tertiary/aromatic N) is 1. The monoisotopic (exact) mass is 160 g/mol. The van der Waals surface area contributed by atoms with Gasteiger partial charge in [0.1, 0.15) is 0 Å². The standard InChI is InChI=1S/C10H12N2/c1-2-10(11)6-5-9-4-3-7-12-8-9/h1,3-4,7-8,10H,5-6,11H2. The Labute approximate surface area is 72.8 Å². The third kappa shape index (κ3) is 2.73. The first kappa shape index (κ1) is 8.76. The Morgan fingerprint density at radius 1 is 1.67 bits per heavy atom. The Morgan fingerprint density at radius 3 is 3.08 bits per heavy atom. The van der Waals surface area contributed by atoms with Crippen molar-refractivity contribution >= 4 is 0 Å². The Balaban J connectivity index is 2.40. The van der Waals surface area contributed by atoms with Crippen LogP contribution in [0.15, 0.2) is 24.5 Å². The molecule has 0 amide bonds. The summed E-state index contributed by atoms with van der Waals surface area (Å²) in [6, 6.07) is 3.80. The fourth-order valence-electron chi connectivity index (χ4n) is 0.952. The molecule has 0 saturated heterocycles. The third-order valence-electron chi connectivity index (χ3n) is 1.68. The van der Waals surface area contributed by atoms with Gasteiger partial charge in [-0.2, -0.15) is 0 Å². The molecule has 0 bridgehead atoms. The number of hydrogen-bond acceptors (Lipinski definition) is 2. The molecule has 1 aromatic rings. The van der Waals surface area contributed by atoms with Gasteiger partial charge >= 0.3 is 0 Å². The summed E-state index contributed by atoms with van der Waals surface area (Å²) in [7, 11) is 0. The van der Waals surface area contributed by atoms with Crippen LogP contribution in [-0.4, -0.2) is 11.0 Å². The van der Waals surface area contributed by atoms with E-state index in [9.17, 15) is 0 Å². The van der Waals surface area contributed by atoms with Crippen molar-refractivity contribution in [2.24, 2.45) is 5.73 Å². The molecule has 2 heteroatoms. The lowest BCUT2D eigenvalue weighted by Gasteiger charge is -2.02. The zero-order valence-electron chi connectivity index (χ0n) is 6.90. The largest absolute Gasteiger partial charge is 0.318 e. The van der Waals surface area contributed by atoms with Gasteiger partial charge in [-0.3, -0.25) is 4.98 Å². The molecule has 1 aromatic heterocycles. The van der Waals surface area contributed by atoms with Gasteiger partial charge in [0.05, 0.1) is 6.04 Å². The molecule has 1 heterocycles. The van der Waals surface area contributed by atoms with Crippen LogP contribution in [0.2, 0.25) is 0 Å². The predicted octanol–water partition coefficient (Wildman–Crippen LogP) is 0.975. The summed E-state index contributed by atoms with van der Waals surface area (Å²) in [5.74, 6) is 2.49. The molecule has 0 spiro atoms. The third-order valence-corrected chi connectivity index (χ3v) is 1.68. The van der Waals surface area contributed by atoms with Gasteiger partial charge in [-0.1, -0.05) is 12.0 Å². The zero-order chi connectivity index (χ0) is 8.81. The minimum Gasteiger partial charge on any atom is -0.318 e. The summed E-state index contributed by atoms with van der Waals surface area (Å²) in [5, 5.41) is 0. The molecule has 0 aliphatic carbocycles. The van der Waals surface area contributed by atoms with Crippen molar-refractivity contribution in [1.29, 1.82) is 0 Å². The minimum atomic E-state index is -0.134. The molecule has 0 aliphatic heterocycles. The van der Waals surface area contributed by atoms with Crippen molar-refractivity contribution in [3.05, 3.63) is 30.1 Å². The molecule has 0 aromatic carbocycles. The van der Waals surface area contributed by atoms with Crippen LogP contribution in [0.3, 0.4) is 0 Å². The van der Waals surface area contributed by atoms with Gasteiger partial charge < -0.3 is 5.73 Å². The summed E-state index contributed by atoms with van der Waals surface area (Å²) in [4.78, 5) is 4.00. The van der Waals surface area contributed by atoms with E-state index in [0.717, 1.165) is 12.8 Å². The van der Waals surface area contributed by atoms with E-state index in [2.05, 4.69) is 10.9 Å². The van der Waals surface area contributed by atoms with E-state index < -0.39 is 0 Å². The summed E-state index contributed by atoms with van der Waals surface area (Å²) in [5.41, 5.74) is 6.75. The second kappa shape index (κ2) is 4.53. The van der Waals surface area contributed by atoms with Crippen molar-refractivity contribution in [3.8, 4) is 12.3 Å². The first-order valence-electron chi connectivity index (χ1n) is 3.93. The van der Waals surface area contributed by atoms with Crippen molar-refractivity contribution in [1.82, 2.24) is 4.98 Å². The fraction of sp³-hybridized carbons (Fsp3) is 0.300. The average Bonchev–Trinajstić information content (AvgIpc) is 2.16. The van der Waals surface area contributed by atoms with Crippen LogP contribution in [0.1, 0.15) is 12.0 Å². The van der Waals surface area contributed by atoms with Gasteiger partial charge in [0.15, 0.2) is 0 Å². The highest BCUT2D eigenvalue weighted by Crippen LogP contribution is 2.01. The molecular weight excluding hydrogens is 148 g/mol. The summed E-state index contributed by atoms with van der Waals surface area (Å²) >= 11 is 0. The second-order valence-corrected chi connectivity index (χ2v) is 2.67. The lowest BCUT2D eigenvalue weighted by molar-refractivity contribution is 0.737. The number of pyridine rings is 1. The molecule has 2 N–H and O–H groups in total. The van der Waals surface area contributed by atoms with Gasteiger partial charge in [0.25, 0.3) is 0 Å². The first-order valence-corrected chi connectivity index (χ1v) is 3.93. The quantitative estimate of drug-likeness (QED) is 0.669. The Bertz CT molecular complexity index is 261. The van der Waals surface area contributed by atoms with Crippen LogP contribution in [-0.2, 0) is 6.42 Å². The van der Waals surface area contributed by atoms with Gasteiger partial charge in [-0.15, -0.1) is 6.42 Å². The van der Waals surface area contributed by atoms with Crippen LogP contribution >= 0.6 is 0 Å². The van der Waals surface area contributed by atoms with Gasteiger partial charge in [0, 0.05) is 12.4 Å². The van der Waals surface area contributed by atoms with Crippen molar-refractivity contribution in [3.63, 3.8) is 0 Å². The number of hydrogen-bond donors (Lipinski definition) is 1. The van der Waals surface area contributed by atoms with Crippen molar-refractivity contribution < 1.29 is 0 Å². The van der Waals surface area contributed by atoms with Crippen LogP contribution in [0.5, 0.6) is 0 Å². The van der Waals surface area contributed by atoms with E-state index in [-0.39, 0.29) is 6.04 Å². The Kier molecular flexibility index (Phi) is 3.31. The number of aryl methyl sites for hydroxylation is 1. The van der Waals surface area contributed by atoms with Gasteiger partial charge in [-0.25, -0.2) is 0 Å². The molecule has 0 fully saturated rings. The Hall–Kier alpha value is -1.33. The maximum Gasteiger partial charge on any atom is 0.0665 e. The summed E-state index contributed by atoms with van der Waals surface area (Å²) in [6.45, 7) is 0. The van der Waals surface area contributed by atoms with E-state index in [1.807, 2.05) is 18.3 Å². The lowest BCUT2D eigenvalue weighted by atomic mass is 10.1. The molecule has 0 saturated carbocycles. The summed E-state index contributed by atoms with van der Waals surface area (Å²) in [6.07, 6.45) is 10.5. The number of rotatable bonds is 3. The van der Waals surface area contributed by atoms with E-state index in [4.69, 9.17) is 12.2 Å².